The molecule has 0 bridgehead atoms. The van der Waals surface area contributed by atoms with Crippen LogP contribution in [-0.4, -0.2) is 19.3 Å². The van der Waals surface area contributed by atoms with E-state index in [0.29, 0.717) is 12.5 Å². The lowest BCUT2D eigenvalue weighted by Gasteiger charge is -2.09. The zero-order chi connectivity index (χ0) is 13.4. The van der Waals surface area contributed by atoms with Crippen molar-refractivity contribution < 1.29 is 9.47 Å². The van der Waals surface area contributed by atoms with Crippen molar-refractivity contribution in [2.75, 3.05) is 13.2 Å². The van der Waals surface area contributed by atoms with E-state index in [-0.39, 0.29) is 6.10 Å². The molecule has 0 aliphatic rings. The number of ether oxygens (including phenoxy) is 2. The Morgan fingerprint density at radius 1 is 0.944 bits per heavy atom. The molecule has 0 aliphatic carbocycles. The summed E-state index contributed by atoms with van der Waals surface area (Å²) in [6.07, 6.45) is 1.27. The normalized spacial score (nSPS) is 11.4. The van der Waals surface area contributed by atoms with Gasteiger partial charge in [0.1, 0.15) is 0 Å². The van der Waals surface area contributed by atoms with Gasteiger partial charge >= 0.3 is 0 Å². The molecule has 0 aromatic heterocycles. The Hall–Kier alpha value is -0.860. The molecule has 0 saturated heterocycles. The molecule has 0 heterocycles. The molecule has 102 valence electrons. The molecule has 1 aromatic carbocycles. The lowest BCUT2D eigenvalue weighted by atomic mass is 10.1. The third-order valence-electron chi connectivity index (χ3n) is 2.59. The summed E-state index contributed by atoms with van der Waals surface area (Å²) in [5.74, 6) is 0.612. The van der Waals surface area contributed by atoms with Gasteiger partial charge in [-0.1, -0.05) is 38.1 Å². The van der Waals surface area contributed by atoms with E-state index >= 15 is 0 Å². The molecule has 18 heavy (non-hydrogen) atoms. The van der Waals surface area contributed by atoms with Crippen molar-refractivity contribution in [1.82, 2.24) is 0 Å². The van der Waals surface area contributed by atoms with Crippen LogP contribution in [0.25, 0.3) is 0 Å². The summed E-state index contributed by atoms with van der Waals surface area (Å²) in [5, 5.41) is 0. The first-order valence-corrected chi connectivity index (χ1v) is 6.85. The Balaban J connectivity index is 2.27. The maximum atomic E-state index is 5.58. The first kappa shape index (κ1) is 15.2. The van der Waals surface area contributed by atoms with E-state index in [1.807, 2.05) is 0 Å². The first-order chi connectivity index (χ1) is 8.58. The van der Waals surface area contributed by atoms with Crippen molar-refractivity contribution in [3.8, 4) is 0 Å². The van der Waals surface area contributed by atoms with Gasteiger partial charge in [0.25, 0.3) is 0 Å². The fourth-order valence-corrected chi connectivity index (χ4v) is 1.57. The maximum Gasteiger partial charge on any atom is 0.0720 e. The van der Waals surface area contributed by atoms with Gasteiger partial charge in [-0.2, -0.15) is 0 Å². The van der Waals surface area contributed by atoms with Crippen LogP contribution in [0.4, 0.5) is 0 Å². The highest BCUT2D eigenvalue weighted by atomic mass is 16.5. The second-order valence-electron chi connectivity index (χ2n) is 5.40. The highest BCUT2D eigenvalue weighted by Crippen LogP contribution is 2.08. The summed E-state index contributed by atoms with van der Waals surface area (Å²) in [6, 6.07) is 8.61. The zero-order valence-corrected chi connectivity index (χ0v) is 12.1. The highest BCUT2D eigenvalue weighted by Gasteiger charge is 1.98. The molecule has 2 heteroatoms. The van der Waals surface area contributed by atoms with E-state index in [4.69, 9.17) is 9.47 Å². The van der Waals surface area contributed by atoms with E-state index in [2.05, 4.69) is 52.0 Å². The lowest BCUT2D eigenvalue weighted by Crippen LogP contribution is -2.05. The van der Waals surface area contributed by atoms with E-state index in [1.165, 1.54) is 11.1 Å². The molecule has 1 aromatic rings. The summed E-state index contributed by atoms with van der Waals surface area (Å²) >= 11 is 0. The third kappa shape index (κ3) is 6.77. The molecular formula is C16H26O2. The zero-order valence-electron chi connectivity index (χ0n) is 12.1. The first-order valence-electron chi connectivity index (χ1n) is 6.85. The molecule has 0 saturated carbocycles. The summed E-state index contributed by atoms with van der Waals surface area (Å²) in [4.78, 5) is 0. The van der Waals surface area contributed by atoms with E-state index in [0.717, 1.165) is 19.6 Å². The van der Waals surface area contributed by atoms with Crippen LogP contribution in [0, 0.1) is 5.92 Å². The second-order valence-corrected chi connectivity index (χ2v) is 5.40. The molecule has 0 unspecified atom stereocenters. The number of benzene rings is 1. The Morgan fingerprint density at radius 2 is 1.56 bits per heavy atom. The predicted molar refractivity (Wildman–Crippen MR) is 75.7 cm³/mol. The van der Waals surface area contributed by atoms with Gasteiger partial charge in [-0.05, 0) is 37.3 Å². The Morgan fingerprint density at radius 3 is 2.11 bits per heavy atom. The largest absolute Gasteiger partial charge is 0.381 e. The molecule has 0 fully saturated rings. The van der Waals surface area contributed by atoms with E-state index < -0.39 is 0 Å². The van der Waals surface area contributed by atoms with Gasteiger partial charge in [0.2, 0.25) is 0 Å². The highest BCUT2D eigenvalue weighted by molar-refractivity contribution is 5.22. The predicted octanol–water partition coefficient (Wildman–Crippen LogP) is 3.83. The van der Waals surface area contributed by atoms with Gasteiger partial charge in [0.05, 0.1) is 19.3 Å². The van der Waals surface area contributed by atoms with Crippen LogP contribution in [-0.2, 0) is 22.5 Å². The molecule has 0 spiro atoms. The number of rotatable bonds is 8. The molecule has 2 nitrogen and oxygen atoms in total. The summed E-state index contributed by atoms with van der Waals surface area (Å²) in [7, 11) is 0. The third-order valence-corrected chi connectivity index (χ3v) is 2.59. The standard InChI is InChI=1S/C16H26O2/c1-13(2)11-17-10-9-15-5-7-16(8-6-15)12-18-14(3)4/h5-8,13-14H,9-12H2,1-4H3. The van der Waals surface area contributed by atoms with Gasteiger partial charge in [0.15, 0.2) is 0 Å². The van der Waals surface area contributed by atoms with E-state index in [9.17, 15) is 0 Å². The quantitative estimate of drug-likeness (QED) is 0.653. The Kier molecular flexibility index (Phi) is 6.99. The number of hydrogen-bond donors (Lipinski definition) is 0. The van der Waals surface area contributed by atoms with Crippen LogP contribution in [0.1, 0.15) is 38.8 Å². The van der Waals surface area contributed by atoms with Crippen molar-refractivity contribution >= 4 is 0 Å². The Bertz CT molecular complexity index is 314. The average molecular weight is 250 g/mol. The second kappa shape index (κ2) is 8.28. The van der Waals surface area contributed by atoms with Crippen molar-refractivity contribution in [3.63, 3.8) is 0 Å². The molecule has 0 atom stereocenters. The van der Waals surface area contributed by atoms with Gasteiger partial charge in [-0.3, -0.25) is 0 Å². The van der Waals surface area contributed by atoms with Crippen LogP contribution >= 0.6 is 0 Å². The topological polar surface area (TPSA) is 18.5 Å². The monoisotopic (exact) mass is 250 g/mol. The van der Waals surface area contributed by atoms with Crippen LogP contribution in [0.3, 0.4) is 0 Å². The average Bonchev–Trinajstić information content (AvgIpc) is 2.33. The fourth-order valence-electron chi connectivity index (χ4n) is 1.57. The number of hydrogen-bond acceptors (Lipinski definition) is 2. The maximum absolute atomic E-state index is 5.58. The van der Waals surface area contributed by atoms with Crippen LogP contribution < -0.4 is 0 Å². The minimum Gasteiger partial charge on any atom is -0.381 e. The van der Waals surface area contributed by atoms with Crippen molar-refractivity contribution in [2.45, 2.75) is 46.8 Å². The molecular weight excluding hydrogens is 224 g/mol. The van der Waals surface area contributed by atoms with Gasteiger partial charge in [-0.15, -0.1) is 0 Å². The van der Waals surface area contributed by atoms with Gasteiger partial charge < -0.3 is 9.47 Å². The van der Waals surface area contributed by atoms with Crippen molar-refractivity contribution in [3.05, 3.63) is 35.4 Å². The van der Waals surface area contributed by atoms with Gasteiger partial charge in [-0.25, -0.2) is 0 Å². The van der Waals surface area contributed by atoms with Crippen molar-refractivity contribution in [1.29, 1.82) is 0 Å². The smallest absolute Gasteiger partial charge is 0.0720 e. The van der Waals surface area contributed by atoms with Crippen LogP contribution in [0.5, 0.6) is 0 Å². The minimum atomic E-state index is 0.286. The van der Waals surface area contributed by atoms with Gasteiger partial charge in [0, 0.05) is 6.61 Å². The molecule has 0 N–H and O–H groups in total. The Labute approximate surface area is 111 Å². The SMILES string of the molecule is CC(C)COCCc1ccc(COC(C)C)cc1. The summed E-state index contributed by atoms with van der Waals surface area (Å²) in [5.41, 5.74) is 2.56. The minimum absolute atomic E-state index is 0.286. The van der Waals surface area contributed by atoms with E-state index in [1.54, 1.807) is 0 Å². The van der Waals surface area contributed by atoms with Crippen LogP contribution in [0.2, 0.25) is 0 Å². The molecule has 0 radical (unpaired) electrons. The molecule has 1 rings (SSSR count). The summed E-state index contributed by atoms with van der Waals surface area (Å²) < 4.78 is 11.2. The fraction of sp³-hybridized carbons (Fsp3) is 0.625. The molecule has 0 amide bonds. The summed E-state index contributed by atoms with van der Waals surface area (Å²) in [6.45, 7) is 10.8. The lowest BCUT2D eigenvalue weighted by molar-refractivity contribution is 0.0657. The van der Waals surface area contributed by atoms with Crippen LogP contribution in [0.15, 0.2) is 24.3 Å². The van der Waals surface area contributed by atoms with Crippen molar-refractivity contribution in [2.24, 2.45) is 5.92 Å². The molecule has 0 aliphatic heterocycles.